The molecule has 144 valence electrons. The lowest BCUT2D eigenvalue weighted by Crippen LogP contribution is -2.35. The molecule has 1 atom stereocenters. The summed E-state index contributed by atoms with van der Waals surface area (Å²) in [5.74, 6) is 0.952. The number of aromatic nitrogens is 1. The number of nitrogens with one attached hydrogen (secondary N) is 1. The van der Waals surface area contributed by atoms with Gasteiger partial charge in [0.1, 0.15) is 0 Å². The van der Waals surface area contributed by atoms with E-state index >= 15 is 0 Å². The summed E-state index contributed by atoms with van der Waals surface area (Å²) in [6.07, 6.45) is 8.20. The van der Waals surface area contributed by atoms with Crippen LogP contribution in [0.2, 0.25) is 0 Å². The van der Waals surface area contributed by atoms with Crippen LogP contribution < -0.4 is 5.73 Å². The molecule has 0 saturated carbocycles. The lowest BCUT2D eigenvalue weighted by Gasteiger charge is -2.22. The van der Waals surface area contributed by atoms with E-state index in [4.69, 9.17) is 11.1 Å². The zero-order valence-electron chi connectivity index (χ0n) is 16.3. The maximum atomic E-state index is 12.3. The van der Waals surface area contributed by atoms with Crippen molar-refractivity contribution in [3.05, 3.63) is 42.2 Å². The van der Waals surface area contributed by atoms with E-state index in [0.29, 0.717) is 5.92 Å². The SMILES string of the molecule is CC(C)C(=O)N1CCCC(Cn2ccc3cc(/C(C=N)=C/N)ccc32)CC1. The van der Waals surface area contributed by atoms with Crippen LogP contribution in [0.4, 0.5) is 0 Å². The van der Waals surface area contributed by atoms with Crippen molar-refractivity contribution in [1.82, 2.24) is 9.47 Å². The summed E-state index contributed by atoms with van der Waals surface area (Å²) in [6.45, 7) is 6.70. The minimum absolute atomic E-state index is 0.0811. The van der Waals surface area contributed by atoms with Crippen LogP contribution in [0.5, 0.6) is 0 Å². The van der Waals surface area contributed by atoms with Gasteiger partial charge in [-0.3, -0.25) is 4.79 Å². The van der Waals surface area contributed by atoms with E-state index in [1.165, 1.54) is 23.3 Å². The average Bonchev–Trinajstić information content (AvgIpc) is 2.91. The van der Waals surface area contributed by atoms with E-state index in [1.807, 2.05) is 24.8 Å². The smallest absolute Gasteiger partial charge is 0.225 e. The predicted molar refractivity (Wildman–Crippen MR) is 112 cm³/mol. The van der Waals surface area contributed by atoms with Gasteiger partial charge in [-0.1, -0.05) is 19.9 Å². The normalized spacial score (nSPS) is 18.7. The molecule has 5 nitrogen and oxygen atoms in total. The summed E-state index contributed by atoms with van der Waals surface area (Å²) in [5.41, 5.74) is 8.51. The molecule has 1 unspecified atom stereocenters. The molecule has 27 heavy (non-hydrogen) atoms. The molecule has 0 aliphatic carbocycles. The summed E-state index contributed by atoms with van der Waals surface area (Å²) in [7, 11) is 0. The molecular formula is C22H30N4O. The molecule has 1 aliphatic rings. The molecule has 1 aromatic carbocycles. The van der Waals surface area contributed by atoms with Crippen molar-refractivity contribution in [3.63, 3.8) is 0 Å². The number of amides is 1. The molecule has 1 aromatic heterocycles. The molecule has 2 aromatic rings. The van der Waals surface area contributed by atoms with Crippen molar-refractivity contribution in [3.8, 4) is 0 Å². The highest BCUT2D eigenvalue weighted by atomic mass is 16.2. The minimum Gasteiger partial charge on any atom is -0.404 e. The summed E-state index contributed by atoms with van der Waals surface area (Å²) < 4.78 is 2.32. The Labute approximate surface area is 161 Å². The molecule has 1 aliphatic heterocycles. The van der Waals surface area contributed by atoms with Crippen LogP contribution in [0.25, 0.3) is 16.5 Å². The van der Waals surface area contributed by atoms with Crippen molar-refractivity contribution in [2.75, 3.05) is 13.1 Å². The molecule has 5 heteroatoms. The first-order valence-electron chi connectivity index (χ1n) is 9.84. The Balaban J connectivity index is 1.71. The van der Waals surface area contributed by atoms with Crippen LogP contribution in [-0.4, -0.2) is 34.7 Å². The summed E-state index contributed by atoms with van der Waals surface area (Å²) in [6, 6.07) is 8.36. The molecular weight excluding hydrogens is 336 g/mol. The van der Waals surface area contributed by atoms with Gasteiger partial charge in [0.15, 0.2) is 0 Å². The number of carbonyl (C=O) groups excluding carboxylic acids is 1. The maximum Gasteiger partial charge on any atom is 0.225 e. The Morgan fingerprint density at radius 2 is 2.11 bits per heavy atom. The zero-order chi connectivity index (χ0) is 19.4. The van der Waals surface area contributed by atoms with Gasteiger partial charge >= 0.3 is 0 Å². The monoisotopic (exact) mass is 366 g/mol. The Morgan fingerprint density at radius 1 is 1.30 bits per heavy atom. The second-order valence-corrected chi connectivity index (χ2v) is 7.78. The van der Waals surface area contributed by atoms with Crippen LogP contribution in [0, 0.1) is 17.2 Å². The summed E-state index contributed by atoms with van der Waals surface area (Å²) >= 11 is 0. The van der Waals surface area contributed by atoms with Crippen molar-refractivity contribution < 1.29 is 4.79 Å². The van der Waals surface area contributed by atoms with Crippen molar-refractivity contribution in [2.24, 2.45) is 17.6 Å². The van der Waals surface area contributed by atoms with E-state index in [2.05, 4.69) is 29.0 Å². The topological polar surface area (TPSA) is 75.1 Å². The van der Waals surface area contributed by atoms with Gasteiger partial charge in [-0.05, 0) is 48.9 Å². The van der Waals surface area contributed by atoms with Crippen LogP contribution >= 0.6 is 0 Å². The first-order valence-corrected chi connectivity index (χ1v) is 9.84. The Morgan fingerprint density at radius 3 is 2.81 bits per heavy atom. The number of benzene rings is 1. The van der Waals surface area contributed by atoms with Crippen LogP contribution in [0.15, 0.2) is 36.7 Å². The Bertz CT molecular complexity index is 849. The van der Waals surface area contributed by atoms with E-state index < -0.39 is 0 Å². The third-order valence-corrected chi connectivity index (χ3v) is 5.55. The van der Waals surface area contributed by atoms with E-state index in [9.17, 15) is 4.79 Å². The number of nitrogens with two attached hydrogens (primary N) is 1. The molecule has 2 heterocycles. The first-order chi connectivity index (χ1) is 13.0. The number of fused-ring (bicyclic) bond motifs is 1. The van der Waals surface area contributed by atoms with Gasteiger partial charge in [-0.25, -0.2) is 0 Å². The van der Waals surface area contributed by atoms with Crippen LogP contribution in [0.3, 0.4) is 0 Å². The van der Waals surface area contributed by atoms with Crippen molar-refractivity contribution in [1.29, 1.82) is 5.41 Å². The molecule has 0 spiro atoms. The van der Waals surface area contributed by atoms with Gasteiger partial charge in [0.2, 0.25) is 5.91 Å². The van der Waals surface area contributed by atoms with Crippen LogP contribution in [0.1, 0.15) is 38.7 Å². The van der Waals surface area contributed by atoms with Gasteiger partial charge in [-0.2, -0.15) is 0 Å². The van der Waals surface area contributed by atoms with E-state index in [1.54, 1.807) is 0 Å². The number of allylic oxidation sites excluding steroid dienone is 1. The molecule has 1 amide bonds. The molecule has 0 radical (unpaired) electrons. The minimum atomic E-state index is 0.0811. The highest BCUT2D eigenvalue weighted by molar-refractivity contribution is 6.09. The predicted octanol–water partition coefficient (Wildman–Crippen LogP) is 3.88. The number of carbonyl (C=O) groups is 1. The number of rotatable bonds is 5. The highest BCUT2D eigenvalue weighted by Gasteiger charge is 2.22. The average molecular weight is 367 g/mol. The zero-order valence-corrected chi connectivity index (χ0v) is 16.3. The number of nitrogens with zero attached hydrogens (tertiary/aromatic N) is 2. The number of likely N-dealkylation sites (tertiary alicyclic amines) is 1. The highest BCUT2D eigenvalue weighted by Crippen LogP contribution is 2.25. The largest absolute Gasteiger partial charge is 0.404 e. The summed E-state index contributed by atoms with van der Waals surface area (Å²) in [4.78, 5) is 14.3. The molecule has 3 N–H and O–H groups in total. The second kappa shape index (κ2) is 8.42. The lowest BCUT2D eigenvalue weighted by atomic mass is 10.0. The fourth-order valence-corrected chi connectivity index (χ4v) is 3.98. The van der Waals surface area contributed by atoms with E-state index in [-0.39, 0.29) is 11.8 Å². The number of hydrogen-bond acceptors (Lipinski definition) is 3. The van der Waals surface area contributed by atoms with E-state index in [0.717, 1.165) is 50.0 Å². The molecule has 1 fully saturated rings. The molecule has 0 bridgehead atoms. The first kappa shape index (κ1) is 19.2. The quantitative estimate of drug-likeness (QED) is 0.788. The van der Waals surface area contributed by atoms with Crippen molar-refractivity contribution >= 4 is 28.6 Å². The van der Waals surface area contributed by atoms with Gasteiger partial charge in [0, 0.05) is 60.6 Å². The third-order valence-electron chi connectivity index (χ3n) is 5.55. The molecule has 3 rings (SSSR count). The van der Waals surface area contributed by atoms with Gasteiger partial charge in [0.25, 0.3) is 0 Å². The molecule has 1 saturated heterocycles. The van der Waals surface area contributed by atoms with Gasteiger partial charge < -0.3 is 20.6 Å². The lowest BCUT2D eigenvalue weighted by molar-refractivity contribution is -0.134. The van der Waals surface area contributed by atoms with Gasteiger partial charge in [0.05, 0.1) is 0 Å². The Hall–Kier alpha value is -2.56. The summed E-state index contributed by atoms with van der Waals surface area (Å²) in [5, 5.41) is 8.63. The Kier molecular flexibility index (Phi) is 5.99. The fourth-order valence-electron chi connectivity index (χ4n) is 3.98. The van der Waals surface area contributed by atoms with Crippen molar-refractivity contribution in [2.45, 2.75) is 39.7 Å². The number of hydrogen-bond donors (Lipinski definition) is 2. The van der Waals surface area contributed by atoms with Crippen LogP contribution in [-0.2, 0) is 11.3 Å². The third kappa shape index (κ3) is 4.24. The second-order valence-electron chi connectivity index (χ2n) is 7.78. The maximum absolute atomic E-state index is 12.3. The van der Waals surface area contributed by atoms with Gasteiger partial charge in [-0.15, -0.1) is 0 Å². The fraction of sp³-hybridized carbons (Fsp3) is 0.455. The standard InChI is InChI=1S/C22H30N4O/c1-16(2)22(27)25-9-3-4-17(7-10-25)15-26-11-8-19-12-18(5-6-21(19)26)20(13-23)14-24/h5-6,8,11-14,16-17,23H,3-4,7,9-10,15,24H2,1-2H3/b20-14+,23-13?.